The Balaban J connectivity index is 0.000000404. The van der Waals surface area contributed by atoms with Crippen LogP contribution in [0.5, 0.6) is 0 Å². The van der Waals surface area contributed by atoms with Gasteiger partial charge in [-0.2, -0.15) is 26.3 Å². The van der Waals surface area contributed by atoms with Crippen molar-refractivity contribution in [3.63, 3.8) is 0 Å². The molecule has 2 N–H and O–H groups in total. The van der Waals surface area contributed by atoms with Crippen molar-refractivity contribution >= 4 is 11.9 Å². The number of carbonyl (C=O) groups is 2. The molecule has 2 aliphatic rings. The zero-order valence-electron chi connectivity index (χ0n) is 20.1. The van der Waals surface area contributed by atoms with E-state index in [2.05, 4.69) is 23.9 Å². The number of halogens is 7. The maximum Gasteiger partial charge on any atom is 0.490 e. The van der Waals surface area contributed by atoms with E-state index in [0.717, 1.165) is 51.2 Å². The minimum Gasteiger partial charge on any atom is -0.475 e. The number of rotatable bonds is 4. The van der Waals surface area contributed by atoms with Crippen LogP contribution in [0.1, 0.15) is 18.4 Å². The first-order valence-electron chi connectivity index (χ1n) is 10.9. The molecule has 2 fully saturated rings. The summed E-state index contributed by atoms with van der Waals surface area (Å²) >= 11 is 0. The second-order valence-corrected chi connectivity index (χ2v) is 8.72. The highest BCUT2D eigenvalue weighted by Gasteiger charge is 2.43. The van der Waals surface area contributed by atoms with Crippen LogP contribution >= 0.6 is 0 Å². The molecule has 0 aromatic heterocycles. The van der Waals surface area contributed by atoms with Crippen molar-refractivity contribution in [1.82, 2.24) is 9.80 Å². The maximum atomic E-state index is 13.1. The maximum absolute atomic E-state index is 13.1. The monoisotopic (exact) mass is 550 g/mol. The fourth-order valence-corrected chi connectivity index (χ4v) is 3.62. The van der Waals surface area contributed by atoms with Crippen LogP contribution in [0.25, 0.3) is 0 Å². The first-order valence-corrected chi connectivity index (χ1v) is 10.9. The Bertz CT molecular complexity index is 841. The number of hydrogen-bond donors (Lipinski definition) is 2. The molecule has 212 valence electrons. The van der Waals surface area contributed by atoms with Crippen LogP contribution < -0.4 is 0 Å². The first kappa shape index (κ1) is 32.5. The van der Waals surface area contributed by atoms with Gasteiger partial charge in [-0.1, -0.05) is 12.1 Å². The van der Waals surface area contributed by atoms with Crippen LogP contribution in [0.3, 0.4) is 0 Å². The normalized spacial score (nSPS) is 22.5. The second kappa shape index (κ2) is 13.9. The highest BCUT2D eigenvalue weighted by molar-refractivity contribution is 5.73. The van der Waals surface area contributed by atoms with Crippen LogP contribution in [-0.2, 0) is 25.6 Å². The molecule has 3 rings (SSSR count). The van der Waals surface area contributed by atoms with Gasteiger partial charge in [-0.3, -0.25) is 4.90 Å². The van der Waals surface area contributed by atoms with Crippen molar-refractivity contribution in [1.29, 1.82) is 0 Å². The Morgan fingerprint density at radius 3 is 2.03 bits per heavy atom. The summed E-state index contributed by atoms with van der Waals surface area (Å²) in [6.45, 7) is 4.95. The predicted molar refractivity (Wildman–Crippen MR) is 115 cm³/mol. The molecule has 0 bridgehead atoms. The fraction of sp³-hybridized carbons (Fsp3) is 0.636. The summed E-state index contributed by atoms with van der Waals surface area (Å²) in [4.78, 5) is 22.3. The number of nitrogens with zero attached hydrogens (tertiary/aromatic N) is 2. The molecule has 2 saturated heterocycles. The smallest absolute Gasteiger partial charge is 0.475 e. The van der Waals surface area contributed by atoms with Crippen LogP contribution in [0.4, 0.5) is 30.7 Å². The van der Waals surface area contributed by atoms with Crippen molar-refractivity contribution < 1.29 is 60.0 Å². The number of ether oxygens (including phenoxy) is 2. The minimum atomic E-state index is -5.08. The molecule has 2 atom stereocenters. The predicted octanol–water partition coefficient (Wildman–Crippen LogP) is 3.40. The third kappa shape index (κ3) is 12.5. The molecule has 15 heteroatoms. The van der Waals surface area contributed by atoms with Gasteiger partial charge in [0.25, 0.3) is 0 Å². The molecule has 8 nitrogen and oxygen atoms in total. The lowest BCUT2D eigenvalue weighted by Crippen LogP contribution is -2.45. The average molecular weight is 550 g/mol. The number of carboxylic acid groups (broad SMARTS) is 2. The summed E-state index contributed by atoms with van der Waals surface area (Å²) in [5, 5.41) is 14.2. The molecule has 2 aliphatic heterocycles. The van der Waals surface area contributed by atoms with Gasteiger partial charge in [0.15, 0.2) is 0 Å². The summed E-state index contributed by atoms with van der Waals surface area (Å²) in [6.07, 6.45) is -7.74. The lowest BCUT2D eigenvalue weighted by molar-refractivity contribution is -0.193. The molecule has 1 spiro atoms. The zero-order chi connectivity index (χ0) is 28.4. The van der Waals surface area contributed by atoms with Crippen molar-refractivity contribution in [3.8, 4) is 0 Å². The van der Waals surface area contributed by atoms with Gasteiger partial charge in [-0.25, -0.2) is 14.0 Å². The molecular weight excluding hydrogens is 521 g/mol. The Hall–Kier alpha value is -2.49. The van der Waals surface area contributed by atoms with Gasteiger partial charge in [0.1, 0.15) is 11.4 Å². The second-order valence-electron chi connectivity index (χ2n) is 8.72. The van der Waals surface area contributed by atoms with Gasteiger partial charge in [-0.05, 0) is 44.6 Å². The van der Waals surface area contributed by atoms with E-state index in [-0.39, 0.29) is 11.4 Å². The molecule has 0 saturated carbocycles. The molecular formula is C22H29F7N2O6. The number of likely N-dealkylation sites (N-methyl/N-ethyl adjacent to an activating group) is 1. The van der Waals surface area contributed by atoms with Gasteiger partial charge in [0.05, 0.1) is 19.3 Å². The van der Waals surface area contributed by atoms with Crippen LogP contribution in [0, 0.1) is 5.82 Å². The quantitative estimate of drug-likeness (QED) is 0.551. The summed E-state index contributed by atoms with van der Waals surface area (Å²) in [6, 6.07) is 6.77. The third-order valence-corrected chi connectivity index (χ3v) is 5.14. The highest BCUT2D eigenvalue weighted by atomic mass is 19.4. The van der Waals surface area contributed by atoms with E-state index < -0.39 is 24.3 Å². The molecule has 0 radical (unpaired) electrons. The lowest BCUT2D eigenvalue weighted by Gasteiger charge is -2.32. The number of benzene rings is 1. The minimum absolute atomic E-state index is 0.183. The first-order chi connectivity index (χ1) is 16.9. The lowest BCUT2D eigenvalue weighted by atomic mass is 9.99. The van der Waals surface area contributed by atoms with Gasteiger partial charge < -0.3 is 24.6 Å². The summed E-state index contributed by atoms with van der Waals surface area (Å²) in [7, 11) is 4.16. The van der Waals surface area contributed by atoms with Gasteiger partial charge in [0.2, 0.25) is 0 Å². The zero-order valence-corrected chi connectivity index (χ0v) is 20.1. The number of aliphatic carboxylic acids is 2. The average Bonchev–Trinajstić information content (AvgIpc) is 3.02. The summed E-state index contributed by atoms with van der Waals surface area (Å²) in [5.74, 6) is -5.70. The molecule has 1 aromatic rings. The van der Waals surface area contributed by atoms with Crippen molar-refractivity contribution in [2.45, 2.75) is 43.4 Å². The van der Waals surface area contributed by atoms with Crippen LogP contribution in [-0.4, -0.2) is 103 Å². The van der Waals surface area contributed by atoms with Crippen molar-refractivity contribution in [2.75, 3.05) is 46.9 Å². The Morgan fingerprint density at radius 2 is 1.57 bits per heavy atom. The Labute approximate surface area is 208 Å². The van der Waals surface area contributed by atoms with E-state index in [0.29, 0.717) is 12.7 Å². The van der Waals surface area contributed by atoms with E-state index in [1.165, 1.54) is 12.1 Å². The molecule has 0 aliphatic carbocycles. The van der Waals surface area contributed by atoms with E-state index in [1.807, 2.05) is 12.1 Å². The molecule has 37 heavy (non-hydrogen) atoms. The standard InChI is InChI=1S/C18H27FN2O2.2C2HF3O2/c1-20(2)12-17-7-8-18(23-17)13-21(9-10-22-14-18)11-15-3-5-16(19)6-4-15;2*3-2(4,5)1(6)7/h3-6,17H,7-14H2,1-2H3;2*(H,6,7). The van der Waals surface area contributed by atoms with Gasteiger partial charge >= 0.3 is 24.3 Å². The molecule has 2 unspecified atom stereocenters. The van der Waals surface area contributed by atoms with E-state index in [9.17, 15) is 30.7 Å². The van der Waals surface area contributed by atoms with Gasteiger partial charge in [-0.15, -0.1) is 0 Å². The topological polar surface area (TPSA) is 99.5 Å². The van der Waals surface area contributed by atoms with Crippen molar-refractivity contribution in [2.24, 2.45) is 0 Å². The Kier molecular flexibility index (Phi) is 12.2. The fourth-order valence-electron chi connectivity index (χ4n) is 3.62. The van der Waals surface area contributed by atoms with E-state index >= 15 is 0 Å². The van der Waals surface area contributed by atoms with Crippen molar-refractivity contribution in [3.05, 3.63) is 35.6 Å². The molecule has 1 aromatic carbocycles. The number of alkyl halides is 6. The van der Waals surface area contributed by atoms with Crippen LogP contribution in [0.15, 0.2) is 24.3 Å². The number of hydrogen-bond acceptors (Lipinski definition) is 6. The number of carboxylic acids is 2. The molecule has 2 heterocycles. The van der Waals surface area contributed by atoms with Gasteiger partial charge in [0, 0.05) is 26.2 Å². The molecule has 0 amide bonds. The summed E-state index contributed by atoms with van der Waals surface area (Å²) < 4.78 is 88.8. The van der Waals surface area contributed by atoms with E-state index in [1.54, 1.807) is 0 Å². The summed E-state index contributed by atoms with van der Waals surface area (Å²) in [5.41, 5.74) is 0.947. The third-order valence-electron chi connectivity index (χ3n) is 5.14. The SMILES string of the molecule is CN(C)CC1CCC2(COCCN(Cc3ccc(F)cc3)C2)O1.O=C(O)C(F)(F)F.O=C(O)C(F)(F)F. The Morgan fingerprint density at radius 1 is 1.05 bits per heavy atom. The highest BCUT2D eigenvalue weighted by Crippen LogP contribution is 2.33. The van der Waals surface area contributed by atoms with Crippen LogP contribution in [0.2, 0.25) is 0 Å². The van der Waals surface area contributed by atoms with E-state index in [4.69, 9.17) is 29.3 Å². The largest absolute Gasteiger partial charge is 0.490 e.